The van der Waals surface area contributed by atoms with Gasteiger partial charge in [-0.3, -0.25) is 14.2 Å². The summed E-state index contributed by atoms with van der Waals surface area (Å²) in [6.07, 6.45) is 2.59. The highest BCUT2D eigenvalue weighted by Crippen LogP contribution is 2.45. The van der Waals surface area contributed by atoms with Crippen molar-refractivity contribution >= 4 is 22.2 Å². The van der Waals surface area contributed by atoms with Crippen molar-refractivity contribution in [2.24, 2.45) is 0 Å². The lowest BCUT2D eigenvalue weighted by Gasteiger charge is -2.42. The molecule has 7 heteroatoms. The third kappa shape index (κ3) is 4.88. The lowest BCUT2D eigenvalue weighted by atomic mass is 9.90. The third-order valence-corrected chi connectivity index (χ3v) is 8.10. The second-order valence-electron chi connectivity index (χ2n) is 10.4. The molecule has 2 aliphatic heterocycles. The molecule has 3 aromatic rings. The molecule has 34 heavy (non-hydrogen) atoms. The molecule has 5 rings (SSSR count). The molecule has 4 nitrogen and oxygen atoms in total. The van der Waals surface area contributed by atoms with Crippen molar-refractivity contribution in [3.8, 4) is 5.06 Å². The number of alkyl halides is 2. The van der Waals surface area contributed by atoms with E-state index in [0.717, 1.165) is 43.1 Å². The first-order chi connectivity index (χ1) is 16.3. The summed E-state index contributed by atoms with van der Waals surface area (Å²) in [4.78, 5) is 9.43. The number of hydrogen-bond donors (Lipinski definition) is 1. The Kier molecular flexibility index (Phi) is 6.70. The van der Waals surface area contributed by atoms with Crippen LogP contribution in [0.3, 0.4) is 0 Å². The number of nitrogens with one attached hydrogen (secondary N) is 1. The summed E-state index contributed by atoms with van der Waals surface area (Å²) in [6, 6.07) is 12.8. The number of H-pyrrole nitrogens is 1. The molecule has 0 radical (unpaired) electrons. The summed E-state index contributed by atoms with van der Waals surface area (Å²) in [7, 11) is 0. The van der Waals surface area contributed by atoms with E-state index in [4.69, 9.17) is 4.74 Å². The van der Waals surface area contributed by atoms with Gasteiger partial charge in [0, 0.05) is 53.7 Å². The van der Waals surface area contributed by atoms with Gasteiger partial charge in [0.05, 0.1) is 12.7 Å². The highest BCUT2D eigenvalue weighted by molar-refractivity contribution is 7.13. The zero-order valence-electron chi connectivity index (χ0n) is 20.3. The molecule has 0 spiro atoms. The summed E-state index contributed by atoms with van der Waals surface area (Å²) in [5.41, 5.74) is 2.37. The minimum Gasteiger partial charge on any atom is -0.479 e. The predicted octanol–water partition coefficient (Wildman–Crippen LogP) is 6.13. The Bertz CT molecular complexity index is 1120. The van der Waals surface area contributed by atoms with Crippen LogP contribution in [0.1, 0.15) is 55.8 Å². The van der Waals surface area contributed by atoms with Crippen LogP contribution in [0.5, 0.6) is 5.06 Å². The summed E-state index contributed by atoms with van der Waals surface area (Å²) in [6.45, 7) is 8.24. The molecule has 1 fully saturated rings. The summed E-state index contributed by atoms with van der Waals surface area (Å²) in [5, 5.41) is 2.17. The number of benzene rings is 1. The van der Waals surface area contributed by atoms with Crippen LogP contribution >= 0.6 is 11.3 Å². The van der Waals surface area contributed by atoms with Gasteiger partial charge < -0.3 is 9.72 Å². The number of aromatic nitrogens is 1. The van der Waals surface area contributed by atoms with E-state index in [1.165, 1.54) is 21.5 Å². The molecular formula is C27H35F2N3OS. The first-order valence-electron chi connectivity index (χ1n) is 12.4. The highest BCUT2D eigenvalue weighted by atomic mass is 32.1. The zero-order chi connectivity index (χ0) is 23.9. The van der Waals surface area contributed by atoms with Gasteiger partial charge >= 0.3 is 0 Å². The lowest BCUT2D eigenvalue weighted by molar-refractivity contribution is 0.0679. The van der Waals surface area contributed by atoms with E-state index in [1.54, 1.807) is 25.2 Å². The van der Waals surface area contributed by atoms with E-state index < -0.39 is 5.67 Å². The van der Waals surface area contributed by atoms with Crippen LogP contribution < -0.4 is 4.74 Å². The SMILES string of the molecule is C[C@@H]1Cc2c([nH]c3ccccc23)[C@@H](c2ccc(O[C@H]3CCN(CCCF)C3)s2)N1CC(C)(C)F. The molecule has 4 heterocycles. The maximum Gasteiger partial charge on any atom is 0.174 e. The van der Waals surface area contributed by atoms with Gasteiger partial charge in [-0.15, -0.1) is 11.3 Å². The lowest BCUT2D eigenvalue weighted by Crippen LogP contribution is -2.47. The number of nitrogens with zero attached hydrogens (tertiary/aromatic N) is 2. The maximum absolute atomic E-state index is 14.9. The molecule has 0 bridgehead atoms. The molecular weight excluding hydrogens is 452 g/mol. The molecule has 0 aliphatic carbocycles. The molecule has 3 atom stereocenters. The average molecular weight is 488 g/mol. The first-order valence-corrected chi connectivity index (χ1v) is 13.2. The molecule has 0 unspecified atom stereocenters. The molecule has 0 amide bonds. The molecule has 1 N–H and O–H groups in total. The smallest absolute Gasteiger partial charge is 0.174 e. The van der Waals surface area contributed by atoms with Crippen LogP contribution in [-0.2, 0) is 6.42 Å². The van der Waals surface area contributed by atoms with Crippen molar-refractivity contribution in [3.63, 3.8) is 0 Å². The fraction of sp³-hybridized carbons (Fsp3) is 0.556. The Morgan fingerprint density at radius 2 is 2.03 bits per heavy atom. The standard InChI is InChI=1S/C27H35F2N3OS/c1-18-15-21-20-7-4-5-8-22(20)30-25(21)26(32(18)17-27(2,3)29)23-9-10-24(34-23)33-19-11-14-31(16-19)13-6-12-28/h4-5,7-10,18-19,26,30H,6,11-17H2,1-3H3/t18-,19+,26-/m1/s1. The fourth-order valence-electron chi connectivity index (χ4n) is 5.58. The quantitative estimate of drug-likeness (QED) is 0.415. The second-order valence-corrected chi connectivity index (χ2v) is 11.5. The fourth-order valence-corrected chi connectivity index (χ4v) is 6.64. The number of thiophene rings is 1. The van der Waals surface area contributed by atoms with Crippen molar-refractivity contribution in [1.29, 1.82) is 0 Å². The average Bonchev–Trinajstić information content (AvgIpc) is 3.51. The monoisotopic (exact) mass is 487 g/mol. The van der Waals surface area contributed by atoms with E-state index in [2.05, 4.69) is 58.1 Å². The Morgan fingerprint density at radius 3 is 2.82 bits per heavy atom. The van der Waals surface area contributed by atoms with Crippen molar-refractivity contribution in [2.75, 3.05) is 32.9 Å². The number of hydrogen-bond acceptors (Lipinski definition) is 4. The number of ether oxygens (including phenoxy) is 1. The van der Waals surface area contributed by atoms with E-state index >= 15 is 0 Å². The predicted molar refractivity (Wildman–Crippen MR) is 136 cm³/mol. The van der Waals surface area contributed by atoms with Gasteiger partial charge in [0.25, 0.3) is 0 Å². The van der Waals surface area contributed by atoms with Gasteiger partial charge in [-0.1, -0.05) is 18.2 Å². The Labute approximate surface area is 204 Å². The maximum atomic E-state index is 14.9. The molecule has 0 saturated carbocycles. The van der Waals surface area contributed by atoms with Gasteiger partial charge in [-0.2, -0.15) is 0 Å². The highest BCUT2D eigenvalue weighted by Gasteiger charge is 2.39. The first kappa shape index (κ1) is 23.8. The van der Waals surface area contributed by atoms with E-state index in [9.17, 15) is 8.78 Å². The number of likely N-dealkylation sites (tertiary alicyclic amines) is 1. The van der Waals surface area contributed by atoms with E-state index in [0.29, 0.717) is 13.0 Å². The van der Waals surface area contributed by atoms with Gasteiger partial charge in [-0.05, 0) is 63.8 Å². The normalized spacial score (nSPS) is 24.1. The Morgan fingerprint density at radius 1 is 1.21 bits per heavy atom. The molecule has 184 valence electrons. The summed E-state index contributed by atoms with van der Waals surface area (Å²) < 4.78 is 33.8. The van der Waals surface area contributed by atoms with Gasteiger partial charge in [0.2, 0.25) is 0 Å². The van der Waals surface area contributed by atoms with Gasteiger partial charge in [0.15, 0.2) is 5.06 Å². The van der Waals surface area contributed by atoms with Crippen molar-refractivity contribution in [3.05, 3.63) is 52.5 Å². The summed E-state index contributed by atoms with van der Waals surface area (Å²) in [5.74, 6) is 0. The van der Waals surface area contributed by atoms with Crippen molar-refractivity contribution in [2.45, 2.75) is 63.9 Å². The number of halogens is 2. The zero-order valence-corrected chi connectivity index (χ0v) is 21.1. The topological polar surface area (TPSA) is 31.5 Å². The Hall–Kier alpha value is -1.96. The van der Waals surface area contributed by atoms with Crippen molar-refractivity contribution < 1.29 is 13.5 Å². The van der Waals surface area contributed by atoms with Crippen LogP contribution in [0, 0.1) is 0 Å². The van der Waals surface area contributed by atoms with Crippen LogP contribution in [0.25, 0.3) is 10.9 Å². The van der Waals surface area contributed by atoms with Crippen molar-refractivity contribution in [1.82, 2.24) is 14.8 Å². The minimum absolute atomic E-state index is 0.0341. The molecule has 2 aliphatic rings. The van der Waals surface area contributed by atoms with Crippen LogP contribution in [-0.4, -0.2) is 65.5 Å². The third-order valence-electron chi connectivity index (χ3n) is 7.07. The molecule has 1 aromatic carbocycles. The number of fused-ring (bicyclic) bond motifs is 3. The second kappa shape index (κ2) is 9.59. The van der Waals surface area contributed by atoms with Crippen LogP contribution in [0.2, 0.25) is 0 Å². The Balaban J connectivity index is 1.43. The molecule has 2 aromatic heterocycles. The largest absolute Gasteiger partial charge is 0.479 e. The summed E-state index contributed by atoms with van der Waals surface area (Å²) >= 11 is 1.67. The van der Waals surface area contributed by atoms with Gasteiger partial charge in [0.1, 0.15) is 11.8 Å². The van der Waals surface area contributed by atoms with Crippen LogP contribution in [0.4, 0.5) is 8.78 Å². The van der Waals surface area contributed by atoms with Crippen LogP contribution in [0.15, 0.2) is 36.4 Å². The van der Waals surface area contributed by atoms with E-state index in [1.807, 2.05) is 0 Å². The number of para-hydroxylation sites is 1. The van der Waals surface area contributed by atoms with E-state index in [-0.39, 0.29) is 24.9 Å². The molecule has 1 saturated heterocycles. The minimum atomic E-state index is -1.29. The van der Waals surface area contributed by atoms with Gasteiger partial charge in [-0.25, -0.2) is 4.39 Å². The number of rotatable bonds is 8. The number of aromatic amines is 1.